The maximum Gasteiger partial charge on any atom is 0.338 e. The Balaban J connectivity index is 1.65. The zero-order valence-electron chi connectivity index (χ0n) is 24.7. The van der Waals surface area contributed by atoms with Crippen LogP contribution in [0.15, 0.2) is 80.1 Å². The summed E-state index contributed by atoms with van der Waals surface area (Å²) in [6, 6.07) is 14.7. The highest BCUT2D eigenvalue weighted by molar-refractivity contribution is 7.07. The average Bonchev–Trinajstić information content (AvgIpc) is 3.61. The first-order chi connectivity index (χ1) is 21.3. The van der Waals surface area contributed by atoms with Gasteiger partial charge in [0, 0.05) is 22.2 Å². The van der Waals surface area contributed by atoms with Gasteiger partial charge in [-0.3, -0.25) is 9.36 Å². The predicted octanol–water partition coefficient (Wildman–Crippen LogP) is 5.68. The molecule has 0 unspecified atom stereocenters. The fourth-order valence-electron chi connectivity index (χ4n) is 5.06. The third-order valence-corrected chi connectivity index (χ3v) is 8.15. The number of allylic oxidation sites excluding steroid dienone is 1. The van der Waals surface area contributed by atoms with Gasteiger partial charge in [-0.1, -0.05) is 48.4 Å². The maximum atomic E-state index is 14.1. The molecule has 9 nitrogen and oxygen atoms in total. The molecule has 0 N–H and O–H groups in total. The molecular weight excluding hydrogens is 604 g/mol. The van der Waals surface area contributed by atoms with E-state index in [-0.39, 0.29) is 24.3 Å². The van der Waals surface area contributed by atoms with E-state index in [0.29, 0.717) is 60.4 Å². The first kappa shape index (κ1) is 31.0. The molecule has 0 radical (unpaired) electrons. The standard InChI is InChI=1S/C33H31ClN2O7S/c1-5-9-24-28(32(39)42-7-3)29(23-17-21(34)12-14-26(23)40-4)36-30(37)27(44-33(36)35-24)18-22-13-15-25(43-22)19-10-8-11-20(16-19)31(38)41-6-2/h8,10-18,29H,5-7,9H2,1-4H3/b27-18+/t29-/m1/s1. The van der Waals surface area contributed by atoms with Gasteiger partial charge in [0.2, 0.25) is 0 Å². The Hall–Kier alpha value is -4.41. The van der Waals surface area contributed by atoms with Crippen LogP contribution in [-0.4, -0.2) is 36.8 Å². The van der Waals surface area contributed by atoms with Crippen molar-refractivity contribution in [3.8, 4) is 17.1 Å². The summed E-state index contributed by atoms with van der Waals surface area (Å²) in [6.07, 6.45) is 2.87. The molecule has 0 saturated heterocycles. The fourth-order valence-corrected chi connectivity index (χ4v) is 6.24. The summed E-state index contributed by atoms with van der Waals surface area (Å²) in [4.78, 5) is 44.9. The summed E-state index contributed by atoms with van der Waals surface area (Å²) in [5.41, 5.74) is 2.10. The van der Waals surface area contributed by atoms with Crippen LogP contribution >= 0.6 is 22.9 Å². The number of methoxy groups -OCH3 is 1. The topological polar surface area (TPSA) is 109 Å². The van der Waals surface area contributed by atoms with Crippen molar-refractivity contribution in [3.63, 3.8) is 0 Å². The van der Waals surface area contributed by atoms with Gasteiger partial charge in [-0.25, -0.2) is 14.6 Å². The number of rotatable bonds is 10. The van der Waals surface area contributed by atoms with Crippen LogP contribution in [-0.2, 0) is 14.3 Å². The number of ether oxygens (including phenoxy) is 3. The number of carbonyl (C=O) groups excluding carboxylic acids is 2. The van der Waals surface area contributed by atoms with Crippen molar-refractivity contribution in [1.82, 2.24) is 4.57 Å². The Morgan fingerprint density at radius 2 is 1.82 bits per heavy atom. The minimum atomic E-state index is -0.875. The van der Waals surface area contributed by atoms with E-state index in [1.54, 1.807) is 68.5 Å². The molecule has 0 spiro atoms. The number of thiazole rings is 1. The van der Waals surface area contributed by atoms with Crippen LogP contribution < -0.4 is 19.6 Å². The quantitative estimate of drug-likeness (QED) is 0.207. The molecule has 44 heavy (non-hydrogen) atoms. The van der Waals surface area contributed by atoms with Crippen molar-refractivity contribution >= 4 is 41.0 Å². The summed E-state index contributed by atoms with van der Waals surface area (Å²) in [6.45, 7) is 5.91. The minimum Gasteiger partial charge on any atom is -0.496 e. The van der Waals surface area contributed by atoms with E-state index in [0.717, 1.165) is 6.42 Å². The van der Waals surface area contributed by atoms with E-state index in [2.05, 4.69) is 0 Å². The molecule has 4 aromatic rings. The van der Waals surface area contributed by atoms with Gasteiger partial charge in [-0.15, -0.1) is 0 Å². The lowest BCUT2D eigenvalue weighted by Crippen LogP contribution is -2.40. The van der Waals surface area contributed by atoms with Gasteiger partial charge < -0.3 is 18.6 Å². The second kappa shape index (κ2) is 13.5. The average molecular weight is 635 g/mol. The van der Waals surface area contributed by atoms with E-state index >= 15 is 0 Å². The number of hydrogen-bond acceptors (Lipinski definition) is 9. The highest BCUT2D eigenvalue weighted by Crippen LogP contribution is 2.38. The van der Waals surface area contributed by atoms with Crippen molar-refractivity contribution in [3.05, 3.63) is 107 Å². The van der Waals surface area contributed by atoms with Gasteiger partial charge in [0.15, 0.2) is 4.80 Å². The zero-order chi connectivity index (χ0) is 31.4. The molecule has 2 aromatic heterocycles. The van der Waals surface area contributed by atoms with Crippen molar-refractivity contribution in [1.29, 1.82) is 0 Å². The normalized spacial score (nSPS) is 14.7. The highest BCUT2D eigenvalue weighted by atomic mass is 35.5. The van der Waals surface area contributed by atoms with Crippen molar-refractivity contribution in [2.45, 2.75) is 39.7 Å². The van der Waals surface area contributed by atoms with Gasteiger partial charge in [0.1, 0.15) is 23.3 Å². The summed E-state index contributed by atoms with van der Waals surface area (Å²) in [5, 5.41) is 0.426. The lowest BCUT2D eigenvalue weighted by atomic mass is 9.93. The molecule has 0 amide bonds. The molecular formula is C33H31ClN2O7S. The third-order valence-electron chi connectivity index (χ3n) is 6.94. The molecule has 1 aliphatic rings. The molecule has 1 atom stereocenters. The fraction of sp³-hybridized carbons (Fsp3) is 0.273. The molecule has 3 heterocycles. The number of hydrogen-bond donors (Lipinski definition) is 0. The van der Waals surface area contributed by atoms with Crippen LogP contribution in [0.3, 0.4) is 0 Å². The number of carbonyl (C=O) groups is 2. The van der Waals surface area contributed by atoms with E-state index in [9.17, 15) is 14.4 Å². The molecule has 0 saturated carbocycles. The van der Waals surface area contributed by atoms with Gasteiger partial charge in [0.05, 0.1) is 41.7 Å². The summed E-state index contributed by atoms with van der Waals surface area (Å²) >= 11 is 7.61. The molecule has 5 rings (SSSR count). The zero-order valence-corrected chi connectivity index (χ0v) is 26.3. The van der Waals surface area contributed by atoms with E-state index in [1.807, 2.05) is 13.0 Å². The van der Waals surface area contributed by atoms with Crippen molar-refractivity contribution in [2.75, 3.05) is 20.3 Å². The smallest absolute Gasteiger partial charge is 0.338 e. The number of halogens is 1. The van der Waals surface area contributed by atoms with Crippen molar-refractivity contribution < 1.29 is 28.2 Å². The van der Waals surface area contributed by atoms with E-state index < -0.39 is 18.0 Å². The number of nitrogens with zero attached hydrogens (tertiary/aromatic N) is 2. The van der Waals surface area contributed by atoms with Crippen LogP contribution in [0.1, 0.15) is 61.3 Å². The molecule has 11 heteroatoms. The number of aromatic nitrogens is 1. The number of benzene rings is 2. The van der Waals surface area contributed by atoms with Gasteiger partial charge in [-0.05, 0) is 62.7 Å². The van der Waals surface area contributed by atoms with E-state index in [4.69, 9.17) is 35.2 Å². The van der Waals surface area contributed by atoms with Gasteiger partial charge in [0.25, 0.3) is 5.56 Å². The molecule has 228 valence electrons. The summed E-state index contributed by atoms with van der Waals surface area (Å²) < 4.78 is 24.1. The molecule has 1 aliphatic heterocycles. The monoisotopic (exact) mass is 634 g/mol. The Bertz CT molecular complexity index is 1940. The van der Waals surface area contributed by atoms with Crippen LogP contribution in [0.25, 0.3) is 17.4 Å². The van der Waals surface area contributed by atoms with Crippen LogP contribution in [0.2, 0.25) is 5.02 Å². The number of furan rings is 1. The lowest BCUT2D eigenvalue weighted by molar-refractivity contribution is -0.139. The molecule has 0 bridgehead atoms. The minimum absolute atomic E-state index is 0.162. The van der Waals surface area contributed by atoms with Crippen molar-refractivity contribution in [2.24, 2.45) is 4.99 Å². The Kier molecular flexibility index (Phi) is 9.51. The third kappa shape index (κ3) is 6.13. The molecule has 0 aliphatic carbocycles. The number of esters is 2. The van der Waals surface area contributed by atoms with Crippen LogP contribution in [0.5, 0.6) is 5.75 Å². The number of fused-ring (bicyclic) bond motifs is 1. The Morgan fingerprint density at radius 3 is 2.55 bits per heavy atom. The summed E-state index contributed by atoms with van der Waals surface area (Å²) in [7, 11) is 1.52. The Labute approximate surface area is 262 Å². The SMILES string of the molecule is CCCC1=C(C(=O)OCC)[C@@H](c2cc(Cl)ccc2OC)n2c(s/c(=C/c3ccc(-c4cccc(C(=O)OCC)c4)o3)c2=O)=N1. The first-order valence-electron chi connectivity index (χ1n) is 14.2. The largest absolute Gasteiger partial charge is 0.496 e. The molecule has 2 aromatic carbocycles. The lowest BCUT2D eigenvalue weighted by Gasteiger charge is -2.27. The second-order valence-corrected chi connectivity index (χ2v) is 11.2. The summed E-state index contributed by atoms with van der Waals surface area (Å²) in [5.74, 6) is 0.447. The van der Waals surface area contributed by atoms with Crippen LogP contribution in [0.4, 0.5) is 0 Å². The second-order valence-electron chi connectivity index (χ2n) is 9.80. The van der Waals surface area contributed by atoms with Gasteiger partial charge >= 0.3 is 11.9 Å². The van der Waals surface area contributed by atoms with Crippen LogP contribution in [0, 0.1) is 0 Å². The highest BCUT2D eigenvalue weighted by Gasteiger charge is 2.36. The first-order valence-corrected chi connectivity index (χ1v) is 15.4. The van der Waals surface area contributed by atoms with E-state index in [1.165, 1.54) is 23.0 Å². The Morgan fingerprint density at radius 1 is 1.05 bits per heavy atom. The predicted molar refractivity (Wildman–Crippen MR) is 168 cm³/mol. The maximum absolute atomic E-state index is 14.1. The molecule has 0 fully saturated rings. The van der Waals surface area contributed by atoms with Gasteiger partial charge in [-0.2, -0.15) is 0 Å².